The highest BCUT2D eigenvalue weighted by Crippen LogP contribution is 2.13. The third kappa shape index (κ3) is 5.17. The highest BCUT2D eigenvalue weighted by Gasteiger charge is 2.22. The summed E-state index contributed by atoms with van der Waals surface area (Å²) in [5, 5.41) is 8.64. The van der Waals surface area contributed by atoms with Crippen molar-refractivity contribution in [2.24, 2.45) is 0 Å². The molecule has 0 saturated heterocycles. The van der Waals surface area contributed by atoms with E-state index in [1.807, 2.05) is 0 Å². The summed E-state index contributed by atoms with van der Waals surface area (Å²) in [7, 11) is 0. The van der Waals surface area contributed by atoms with E-state index < -0.39 is 18.9 Å². The number of carboxylic acid groups (broad SMARTS) is 1. The summed E-state index contributed by atoms with van der Waals surface area (Å²) in [6.45, 7) is 3.36. The number of nitrogens with zero attached hydrogens (tertiary/aromatic N) is 2. The number of aliphatic carboxylic acids is 1. The molecule has 0 fully saturated rings. The zero-order valence-electron chi connectivity index (χ0n) is 12.1. The van der Waals surface area contributed by atoms with Crippen LogP contribution < -0.4 is 0 Å². The Kier molecular flexibility index (Phi) is 6.33. The fourth-order valence-electron chi connectivity index (χ4n) is 2.06. The Morgan fingerprint density at radius 2 is 2.05 bits per heavy atom. The molecule has 5 nitrogen and oxygen atoms in total. The largest absolute Gasteiger partial charge is 0.481 e. The molecule has 1 amide bonds. The number of carbonyl (C=O) groups excluding carboxylic acids is 1. The smallest absolute Gasteiger partial charge is 0.303 e. The molecule has 0 aliphatic carbocycles. The van der Waals surface area contributed by atoms with Gasteiger partial charge in [-0.15, -0.1) is 0 Å². The Labute approximate surface area is 122 Å². The molecule has 0 saturated carbocycles. The highest BCUT2D eigenvalue weighted by molar-refractivity contribution is 5.93. The molecule has 0 unspecified atom stereocenters. The van der Waals surface area contributed by atoms with Crippen LogP contribution in [0.3, 0.4) is 0 Å². The first-order valence-electron chi connectivity index (χ1n) is 6.79. The number of rotatable bonds is 8. The Morgan fingerprint density at radius 3 is 2.57 bits per heavy atom. The normalized spacial score (nSPS) is 11.1. The van der Waals surface area contributed by atoms with Gasteiger partial charge in [0.25, 0.3) is 12.3 Å². The van der Waals surface area contributed by atoms with E-state index in [0.717, 1.165) is 0 Å². The van der Waals surface area contributed by atoms with Gasteiger partial charge in [0, 0.05) is 25.2 Å². The first-order valence-corrected chi connectivity index (χ1v) is 6.79. The summed E-state index contributed by atoms with van der Waals surface area (Å²) in [4.78, 5) is 24.5. The Balaban J connectivity index is 2.81. The van der Waals surface area contributed by atoms with Crippen molar-refractivity contribution in [1.29, 1.82) is 0 Å². The lowest BCUT2D eigenvalue weighted by Crippen LogP contribution is -2.39. The van der Waals surface area contributed by atoms with Gasteiger partial charge in [0.1, 0.15) is 5.69 Å². The van der Waals surface area contributed by atoms with Gasteiger partial charge in [-0.1, -0.05) is 0 Å². The summed E-state index contributed by atoms with van der Waals surface area (Å²) in [5.74, 6) is -1.28. The van der Waals surface area contributed by atoms with Crippen molar-refractivity contribution in [3.05, 3.63) is 24.0 Å². The van der Waals surface area contributed by atoms with E-state index in [9.17, 15) is 18.4 Å². The molecule has 0 aromatic carbocycles. The molecule has 0 atom stereocenters. The summed E-state index contributed by atoms with van der Waals surface area (Å²) in [5.41, 5.74) is 0.194. The number of halogens is 2. The van der Waals surface area contributed by atoms with E-state index in [-0.39, 0.29) is 30.6 Å². The molecule has 0 aliphatic rings. The van der Waals surface area contributed by atoms with Gasteiger partial charge < -0.3 is 14.6 Å². The number of hydrogen-bond donors (Lipinski definition) is 1. The van der Waals surface area contributed by atoms with Crippen LogP contribution in [-0.4, -0.2) is 45.5 Å². The van der Waals surface area contributed by atoms with E-state index in [1.54, 1.807) is 19.9 Å². The van der Waals surface area contributed by atoms with Gasteiger partial charge >= 0.3 is 5.97 Å². The maximum absolute atomic E-state index is 12.5. The molecule has 118 valence electrons. The topological polar surface area (TPSA) is 62.5 Å². The summed E-state index contributed by atoms with van der Waals surface area (Å²) in [6.07, 6.45) is -0.804. The van der Waals surface area contributed by atoms with Crippen molar-refractivity contribution in [2.45, 2.75) is 45.7 Å². The monoisotopic (exact) mass is 302 g/mol. The van der Waals surface area contributed by atoms with Gasteiger partial charge in [0.2, 0.25) is 0 Å². The van der Waals surface area contributed by atoms with Crippen LogP contribution in [0.2, 0.25) is 0 Å². The molecule has 1 heterocycles. The van der Waals surface area contributed by atoms with Crippen LogP contribution in [0.4, 0.5) is 8.78 Å². The minimum absolute atomic E-state index is 0.0332. The van der Waals surface area contributed by atoms with Crippen LogP contribution in [0.15, 0.2) is 18.3 Å². The van der Waals surface area contributed by atoms with E-state index in [2.05, 4.69) is 0 Å². The molecule has 0 spiro atoms. The molecule has 7 heteroatoms. The lowest BCUT2D eigenvalue weighted by Gasteiger charge is -2.27. The maximum atomic E-state index is 12.5. The highest BCUT2D eigenvalue weighted by atomic mass is 19.3. The van der Waals surface area contributed by atoms with Gasteiger partial charge in [0.15, 0.2) is 0 Å². The van der Waals surface area contributed by atoms with E-state index in [1.165, 1.54) is 21.7 Å². The number of carbonyl (C=O) groups is 2. The number of aromatic nitrogens is 1. The minimum atomic E-state index is -2.54. The first-order chi connectivity index (χ1) is 9.82. The predicted octanol–water partition coefficient (Wildman–Crippen LogP) is 2.47. The van der Waals surface area contributed by atoms with Crippen LogP contribution in [0.5, 0.6) is 0 Å². The average Bonchev–Trinajstić information content (AvgIpc) is 2.80. The van der Waals surface area contributed by atoms with Crippen LogP contribution in [0.25, 0.3) is 0 Å². The van der Waals surface area contributed by atoms with Crippen molar-refractivity contribution in [3.63, 3.8) is 0 Å². The Bertz CT molecular complexity index is 486. The molecule has 0 bridgehead atoms. The zero-order chi connectivity index (χ0) is 16.0. The van der Waals surface area contributed by atoms with Crippen LogP contribution in [-0.2, 0) is 11.3 Å². The molecule has 1 rings (SSSR count). The molecule has 0 aliphatic heterocycles. The van der Waals surface area contributed by atoms with Gasteiger partial charge in [-0.05, 0) is 32.4 Å². The van der Waals surface area contributed by atoms with Crippen molar-refractivity contribution >= 4 is 11.9 Å². The fraction of sp³-hybridized carbons (Fsp3) is 0.571. The molecular formula is C14H20F2N2O3. The van der Waals surface area contributed by atoms with Crippen molar-refractivity contribution in [1.82, 2.24) is 9.47 Å². The Hall–Kier alpha value is -1.92. The number of hydrogen-bond acceptors (Lipinski definition) is 2. The van der Waals surface area contributed by atoms with Crippen LogP contribution in [0.1, 0.15) is 37.2 Å². The predicted molar refractivity (Wildman–Crippen MR) is 73.5 cm³/mol. The molecule has 1 aromatic heterocycles. The SMILES string of the molecule is CC(C)N(CCCC(=O)O)C(=O)c1cccn1CC(F)F. The summed E-state index contributed by atoms with van der Waals surface area (Å²) in [6, 6.07) is 2.91. The van der Waals surface area contributed by atoms with Crippen LogP contribution >= 0.6 is 0 Å². The number of carboxylic acids is 1. The van der Waals surface area contributed by atoms with E-state index in [0.29, 0.717) is 6.42 Å². The quantitative estimate of drug-likeness (QED) is 0.802. The maximum Gasteiger partial charge on any atom is 0.303 e. The molecule has 1 aromatic rings. The standard InChI is InChI=1S/C14H20F2N2O3/c1-10(2)18(8-4-6-13(19)20)14(21)11-5-3-7-17(11)9-12(15)16/h3,5,7,10,12H,4,6,8-9H2,1-2H3,(H,19,20). The van der Waals surface area contributed by atoms with Crippen LogP contribution in [0, 0.1) is 0 Å². The number of alkyl halides is 2. The molecule has 1 N–H and O–H groups in total. The average molecular weight is 302 g/mol. The van der Waals surface area contributed by atoms with Gasteiger partial charge in [0.05, 0.1) is 6.54 Å². The number of amides is 1. The lowest BCUT2D eigenvalue weighted by atomic mass is 10.2. The third-order valence-corrected chi connectivity index (χ3v) is 3.06. The van der Waals surface area contributed by atoms with E-state index >= 15 is 0 Å². The van der Waals surface area contributed by atoms with Crippen molar-refractivity contribution in [2.75, 3.05) is 6.54 Å². The van der Waals surface area contributed by atoms with Gasteiger partial charge in [-0.3, -0.25) is 9.59 Å². The minimum Gasteiger partial charge on any atom is -0.481 e. The fourth-order valence-corrected chi connectivity index (χ4v) is 2.06. The lowest BCUT2D eigenvalue weighted by molar-refractivity contribution is -0.137. The Morgan fingerprint density at radius 1 is 1.38 bits per heavy atom. The molecule has 0 radical (unpaired) electrons. The second kappa shape index (κ2) is 7.75. The second-order valence-electron chi connectivity index (χ2n) is 5.03. The molecule has 21 heavy (non-hydrogen) atoms. The summed E-state index contributed by atoms with van der Waals surface area (Å²) >= 11 is 0. The van der Waals surface area contributed by atoms with Crippen molar-refractivity contribution < 1.29 is 23.5 Å². The molecular weight excluding hydrogens is 282 g/mol. The third-order valence-electron chi connectivity index (χ3n) is 3.06. The van der Waals surface area contributed by atoms with Crippen molar-refractivity contribution in [3.8, 4) is 0 Å². The first kappa shape index (κ1) is 17.1. The van der Waals surface area contributed by atoms with Gasteiger partial charge in [-0.2, -0.15) is 0 Å². The van der Waals surface area contributed by atoms with E-state index in [4.69, 9.17) is 5.11 Å². The van der Waals surface area contributed by atoms with Gasteiger partial charge in [-0.25, -0.2) is 8.78 Å². The second-order valence-corrected chi connectivity index (χ2v) is 5.03. The summed E-state index contributed by atoms with van der Waals surface area (Å²) < 4.78 is 26.2. The zero-order valence-corrected chi connectivity index (χ0v) is 12.1.